The van der Waals surface area contributed by atoms with E-state index in [0.717, 1.165) is 44.2 Å². The fourth-order valence-electron chi connectivity index (χ4n) is 2.69. The van der Waals surface area contributed by atoms with E-state index in [2.05, 4.69) is 40.4 Å². The average molecular weight is 298 g/mol. The van der Waals surface area contributed by atoms with Crippen molar-refractivity contribution in [1.29, 1.82) is 0 Å². The van der Waals surface area contributed by atoms with Gasteiger partial charge in [0, 0.05) is 18.3 Å². The third kappa shape index (κ3) is 3.74. The number of nitrogens with zero attached hydrogens (tertiary/aromatic N) is 3. The van der Waals surface area contributed by atoms with Gasteiger partial charge in [0.15, 0.2) is 0 Å². The largest absolute Gasteiger partial charge is 0.350 e. The molecule has 1 fully saturated rings. The van der Waals surface area contributed by atoms with Gasteiger partial charge in [0.1, 0.15) is 5.82 Å². The Morgan fingerprint density at radius 3 is 2.59 bits per heavy atom. The number of hydrogen-bond donors (Lipinski definition) is 2. The first kappa shape index (κ1) is 14.8. The summed E-state index contributed by atoms with van der Waals surface area (Å²) in [6.07, 6.45) is 0. The van der Waals surface area contributed by atoms with Crippen molar-refractivity contribution in [3.63, 3.8) is 0 Å². The molecule has 0 aliphatic carbocycles. The number of likely N-dealkylation sites (N-methyl/N-ethyl adjacent to an activating group) is 1. The third-order valence-electron chi connectivity index (χ3n) is 4.08. The van der Waals surface area contributed by atoms with E-state index in [0.29, 0.717) is 5.95 Å². The fraction of sp³-hybridized carbons (Fsp3) is 0.412. The molecular weight excluding hydrogens is 274 g/mol. The molecule has 0 spiro atoms. The predicted octanol–water partition coefficient (Wildman–Crippen LogP) is 0.732. The van der Waals surface area contributed by atoms with Crippen molar-refractivity contribution >= 4 is 11.8 Å². The molecule has 0 amide bonds. The number of anilines is 2. The third-order valence-corrected chi connectivity index (χ3v) is 4.08. The molecule has 0 atom stereocenters. The van der Waals surface area contributed by atoms with Crippen LogP contribution in [0.4, 0.5) is 11.8 Å². The molecule has 3 rings (SSSR count). The second kappa shape index (κ2) is 6.75. The molecule has 2 aromatic rings. The molecule has 0 bridgehead atoms. The number of benzene rings is 1. The summed E-state index contributed by atoms with van der Waals surface area (Å²) < 4.78 is 0. The maximum atomic E-state index is 4.69. The zero-order chi connectivity index (χ0) is 15.4. The lowest BCUT2D eigenvalue weighted by molar-refractivity contribution is -0.880. The Kier molecular flexibility index (Phi) is 4.53. The molecule has 1 aromatic heterocycles. The van der Waals surface area contributed by atoms with E-state index in [-0.39, 0.29) is 0 Å². The number of piperazine rings is 1. The number of aryl methyl sites for hydroxylation is 1. The predicted molar refractivity (Wildman–Crippen MR) is 89.4 cm³/mol. The first-order chi connectivity index (χ1) is 10.7. The number of quaternary nitrogens is 1. The molecule has 0 radical (unpaired) electrons. The van der Waals surface area contributed by atoms with E-state index in [9.17, 15) is 0 Å². The number of rotatable bonds is 4. The van der Waals surface area contributed by atoms with Gasteiger partial charge in [0.25, 0.3) is 0 Å². The molecule has 2 heterocycles. The quantitative estimate of drug-likeness (QED) is 0.874. The van der Waals surface area contributed by atoms with Crippen LogP contribution in [0.1, 0.15) is 11.3 Å². The summed E-state index contributed by atoms with van der Waals surface area (Å²) in [6, 6.07) is 12.4. The Morgan fingerprint density at radius 2 is 1.86 bits per heavy atom. The van der Waals surface area contributed by atoms with Gasteiger partial charge in [-0.1, -0.05) is 30.3 Å². The van der Waals surface area contributed by atoms with Crippen molar-refractivity contribution in [2.45, 2.75) is 13.5 Å². The zero-order valence-corrected chi connectivity index (χ0v) is 13.3. The van der Waals surface area contributed by atoms with Crippen molar-refractivity contribution in [2.24, 2.45) is 0 Å². The standard InChI is InChI=1S/C17H23N5/c1-14-12-16(22-10-8-21(2)9-11-22)20-17(19-14)18-13-15-6-4-3-5-7-15/h3-7,12H,8-11,13H2,1-2H3,(H,18,19,20)/p+1. The van der Waals surface area contributed by atoms with Crippen LogP contribution in [0.2, 0.25) is 0 Å². The van der Waals surface area contributed by atoms with Crippen LogP contribution in [0.3, 0.4) is 0 Å². The van der Waals surface area contributed by atoms with E-state index in [1.165, 1.54) is 5.56 Å². The van der Waals surface area contributed by atoms with Gasteiger partial charge in [-0.25, -0.2) is 4.98 Å². The number of aromatic nitrogens is 2. The van der Waals surface area contributed by atoms with Gasteiger partial charge in [0.2, 0.25) is 5.95 Å². The van der Waals surface area contributed by atoms with Crippen molar-refractivity contribution < 1.29 is 4.90 Å². The molecule has 5 heteroatoms. The zero-order valence-electron chi connectivity index (χ0n) is 13.3. The minimum Gasteiger partial charge on any atom is -0.350 e. The van der Waals surface area contributed by atoms with Crippen LogP contribution >= 0.6 is 0 Å². The van der Waals surface area contributed by atoms with Crippen LogP contribution in [-0.4, -0.2) is 43.2 Å². The topological polar surface area (TPSA) is 45.5 Å². The number of nitrogens with one attached hydrogen (secondary N) is 2. The first-order valence-electron chi connectivity index (χ1n) is 7.90. The van der Waals surface area contributed by atoms with Gasteiger partial charge >= 0.3 is 0 Å². The summed E-state index contributed by atoms with van der Waals surface area (Å²) in [5.74, 6) is 1.75. The molecule has 1 aliphatic rings. The van der Waals surface area contributed by atoms with E-state index in [1.807, 2.05) is 25.1 Å². The minimum absolute atomic E-state index is 0.713. The average Bonchev–Trinajstić information content (AvgIpc) is 2.54. The van der Waals surface area contributed by atoms with E-state index in [4.69, 9.17) is 4.98 Å². The summed E-state index contributed by atoms with van der Waals surface area (Å²) in [6.45, 7) is 7.21. The summed E-state index contributed by atoms with van der Waals surface area (Å²) >= 11 is 0. The summed E-state index contributed by atoms with van der Waals surface area (Å²) in [7, 11) is 2.25. The second-order valence-electron chi connectivity index (χ2n) is 5.97. The molecule has 116 valence electrons. The van der Waals surface area contributed by atoms with Gasteiger partial charge < -0.3 is 15.1 Å². The number of hydrogen-bond acceptors (Lipinski definition) is 4. The molecule has 2 N–H and O–H groups in total. The van der Waals surface area contributed by atoms with E-state index >= 15 is 0 Å². The maximum Gasteiger partial charge on any atom is 0.225 e. The Hall–Kier alpha value is -2.14. The van der Waals surface area contributed by atoms with Crippen LogP contribution in [0.25, 0.3) is 0 Å². The lowest BCUT2D eigenvalue weighted by Crippen LogP contribution is -3.12. The van der Waals surface area contributed by atoms with Gasteiger partial charge in [-0.2, -0.15) is 4.98 Å². The van der Waals surface area contributed by atoms with Crippen molar-refractivity contribution in [3.05, 3.63) is 47.7 Å². The fourth-order valence-corrected chi connectivity index (χ4v) is 2.69. The Morgan fingerprint density at radius 1 is 1.14 bits per heavy atom. The van der Waals surface area contributed by atoms with Crippen LogP contribution in [0.5, 0.6) is 0 Å². The highest BCUT2D eigenvalue weighted by Crippen LogP contribution is 2.15. The summed E-state index contributed by atoms with van der Waals surface area (Å²) in [5, 5.41) is 3.34. The molecule has 1 aromatic carbocycles. The van der Waals surface area contributed by atoms with Gasteiger partial charge in [-0.3, -0.25) is 0 Å². The summed E-state index contributed by atoms with van der Waals surface area (Å²) in [4.78, 5) is 13.1. The molecule has 0 saturated carbocycles. The summed E-state index contributed by atoms with van der Waals surface area (Å²) in [5.41, 5.74) is 2.24. The molecular formula is C17H24N5+. The first-order valence-corrected chi connectivity index (χ1v) is 7.90. The Balaban J connectivity index is 1.70. The monoisotopic (exact) mass is 298 g/mol. The maximum absolute atomic E-state index is 4.69. The van der Waals surface area contributed by atoms with Crippen LogP contribution in [0.15, 0.2) is 36.4 Å². The lowest BCUT2D eigenvalue weighted by Gasteiger charge is -2.31. The molecule has 5 nitrogen and oxygen atoms in total. The highest BCUT2D eigenvalue weighted by Gasteiger charge is 2.18. The van der Waals surface area contributed by atoms with Crippen molar-refractivity contribution in [1.82, 2.24) is 9.97 Å². The van der Waals surface area contributed by atoms with Crippen LogP contribution < -0.4 is 15.1 Å². The molecule has 1 saturated heterocycles. The SMILES string of the molecule is Cc1cc(N2CC[NH+](C)CC2)nc(NCc2ccccc2)n1. The molecule has 22 heavy (non-hydrogen) atoms. The highest BCUT2D eigenvalue weighted by molar-refractivity contribution is 5.45. The highest BCUT2D eigenvalue weighted by atomic mass is 15.3. The van der Waals surface area contributed by atoms with Crippen molar-refractivity contribution in [2.75, 3.05) is 43.4 Å². The van der Waals surface area contributed by atoms with Crippen LogP contribution in [0, 0.1) is 6.92 Å². The molecule has 1 aliphatic heterocycles. The molecule has 0 unspecified atom stereocenters. The Labute approximate surface area is 132 Å². The van der Waals surface area contributed by atoms with Gasteiger partial charge in [-0.05, 0) is 12.5 Å². The minimum atomic E-state index is 0.713. The van der Waals surface area contributed by atoms with Crippen molar-refractivity contribution in [3.8, 4) is 0 Å². The Bertz CT molecular complexity index is 606. The van der Waals surface area contributed by atoms with Crippen LogP contribution in [-0.2, 0) is 6.54 Å². The second-order valence-corrected chi connectivity index (χ2v) is 5.97. The lowest BCUT2D eigenvalue weighted by atomic mass is 10.2. The van der Waals surface area contributed by atoms with Gasteiger partial charge in [-0.15, -0.1) is 0 Å². The smallest absolute Gasteiger partial charge is 0.225 e. The van der Waals surface area contributed by atoms with E-state index < -0.39 is 0 Å². The van der Waals surface area contributed by atoms with Gasteiger partial charge in [0.05, 0.1) is 33.2 Å². The normalized spacial score (nSPS) is 15.8. The van der Waals surface area contributed by atoms with E-state index in [1.54, 1.807) is 4.90 Å².